The van der Waals surface area contributed by atoms with E-state index in [0.29, 0.717) is 12.5 Å². The van der Waals surface area contributed by atoms with Crippen molar-refractivity contribution >= 4 is 17.5 Å². The highest BCUT2D eigenvalue weighted by Gasteiger charge is 2.25. The van der Waals surface area contributed by atoms with Crippen LogP contribution in [0.5, 0.6) is 0 Å². The van der Waals surface area contributed by atoms with Gasteiger partial charge in [0, 0.05) is 44.2 Å². The van der Waals surface area contributed by atoms with E-state index in [-0.39, 0.29) is 6.10 Å². The number of amides is 1. The van der Waals surface area contributed by atoms with Crippen molar-refractivity contribution in [3.05, 3.63) is 70.2 Å². The molecule has 0 aromatic heterocycles. The van der Waals surface area contributed by atoms with E-state index in [1.54, 1.807) is 0 Å². The molecule has 0 radical (unpaired) electrons. The third kappa shape index (κ3) is 7.30. The third-order valence-corrected chi connectivity index (χ3v) is 7.42. The van der Waals surface area contributed by atoms with Gasteiger partial charge in [0.25, 0.3) is 0 Å². The molecular weight excluding hydrogens is 432 g/mol. The number of nitrogens with zero attached hydrogens (tertiary/aromatic N) is 2. The average molecular weight is 469 g/mol. The van der Waals surface area contributed by atoms with Crippen LogP contribution in [0.1, 0.15) is 61.3 Å². The van der Waals surface area contributed by atoms with Crippen molar-refractivity contribution in [2.75, 3.05) is 32.7 Å². The predicted octanol–water partition coefficient (Wildman–Crippen LogP) is 6.02. The van der Waals surface area contributed by atoms with Crippen molar-refractivity contribution in [2.45, 2.75) is 58.2 Å². The molecule has 33 heavy (non-hydrogen) atoms. The molecule has 1 saturated heterocycles. The Balaban J connectivity index is 1.30. The molecule has 4 rings (SSSR count). The topological polar surface area (TPSA) is 32.8 Å². The number of rotatable bonds is 9. The first-order valence-electron chi connectivity index (χ1n) is 12.5. The van der Waals surface area contributed by atoms with E-state index < -0.39 is 0 Å². The molecule has 4 nitrogen and oxygen atoms in total. The maximum Gasteiger partial charge on any atom is 0.222 e. The summed E-state index contributed by atoms with van der Waals surface area (Å²) in [6.07, 6.45) is 7.08. The van der Waals surface area contributed by atoms with Crippen LogP contribution in [0, 0.1) is 12.8 Å². The van der Waals surface area contributed by atoms with Gasteiger partial charge in [-0.15, -0.1) is 0 Å². The minimum atomic E-state index is -0.0348. The molecule has 0 spiro atoms. The Morgan fingerprint density at radius 2 is 1.79 bits per heavy atom. The molecule has 1 saturated carbocycles. The number of halogens is 1. The van der Waals surface area contributed by atoms with Gasteiger partial charge < -0.3 is 9.64 Å². The summed E-state index contributed by atoms with van der Waals surface area (Å²) in [5.74, 6) is 1.12. The molecule has 2 aromatic carbocycles. The Bertz CT molecular complexity index is 887. The summed E-state index contributed by atoms with van der Waals surface area (Å²) in [6, 6.07) is 16.5. The monoisotopic (exact) mass is 468 g/mol. The number of ether oxygens (including phenoxy) is 1. The zero-order chi connectivity index (χ0) is 23.0. The fraction of sp³-hybridized carbons (Fsp3) is 0.536. The smallest absolute Gasteiger partial charge is 0.222 e. The number of aryl methyl sites for hydroxylation is 1. The van der Waals surface area contributed by atoms with Gasteiger partial charge in [0.05, 0.1) is 12.7 Å². The molecule has 2 fully saturated rings. The lowest BCUT2D eigenvalue weighted by Crippen LogP contribution is -2.49. The van der Waals surface area contributed by atoms with Crippen molar-refractivity contribution in [2.24, 2.45) is 5.92 Å². The van der Waals surface area contributed by atoms with Crippen LogP contribution in [0.2, 0.25) is 5.02 Å². The number of carbonyl (C=O) groups is 1. The maximum atomic E-state index is 12.7. The van der Waals surface area contributed by atoms with Gasteiger partial charge in [-0.3, -0.25) is 9.69 Å². The van der Waals surface area contributed by atoms with Crippen LogP contribution in [0.15, 0.2) is 48.5 Å². The van der Waals surface area contributed by atoms with Crippen LogP contribution in [-0.2, 0) is 16.1 Å². The fourth-order valence-corrected chi connectivity index (χ4v) is 5.26. The molecule has 1 aliphatic carbocycles. The van der Waals surface area contributed by atoms with Crippen molar-refractivity contribution in [1.29, 1.82) is 0 Å². The molecule has 5 heteroatoms. The lowest BCUT2D eigenvalue weighted by Gasteiger charge is -2.36. The van der Waals surface area contributed by atoms with Gasteiger partial charge in [-0.25, -0.2) is 0 Å². The maximum absolute atomic E-state index is 12.7. The highest BCUT2D eigenvalue weighted by molar-refractivity contribution is 6.30. The fourth-order valence-electron chi connectivity index (χ4n) is 5.13. The van der Waals surface area contributed by atoms with Crippen LogP contribution in [0.4, 0.5) is 0 Å². The number of piperazine rings is 1. The molecule has 0 unspecified atom stereocenters. The second kappa shape index (κ2) is 12.0. The molecule has 1 amide bonds. The highest BCUT2D eigenvalue weighted by atomic mass is 35.5. The molecule has 178 valence electrons. The summed E-state index contributed by atoms with van der Waals surface area (Å²) >= 11 is 6.12. The minimum absolute atomic E-state index is 0.0348. The Morgan fingerprint density at radius 1 is 1.06 bits per heavy atom. The number of benzene rings is 2. The molecule has 1 aliphatic heterocycles. The van der Waals surface area contributed by atoms with Gasteiger partial charge in [-0.1, -0.05) is 79.2 Å². The van der Waals surface area contributed by atoms with E-state index in [4.69, 9.17) is 16.3 Å². The largest absolute Gasteiger partial charge is 0.368 e. The van der Waals surface area contributed by atoms with Gasteiger partial charge in [0.1, 0.15) is 0 Å². The summed E-state index contributed by atoms with van der Waals surface area (Å²) in [7, 11) is 0. The van der Waals surface area contributed by atoms with Gasteiger partial charge in [-0.2, -0.15) is 0 Å². The Kier molecular flexibility index (Phi) is 8.82. The molecule has 0 N–H and O–H groups in total. The van der Waals surface area contributed by atoms with Crippen LogP contribution in [-0.4, -0.2) is 48.4 Å². The molecule has 2 aromatic rings. The van der Waals surface area contributed by atoms with E-state index in [9.17, 15) is 4.79 Å². The SMILES string of the molecule is Cc1cccc(CO[C@H](CN2CCN(C(=O)CCC3CCCC3)CC2)c2ccc(Cl)cc2)c1. The zero-order valence-corrected chi connectivity index (χ0v) is 20.6. The van der Waals surface area contributed by atoms with Crippen LogP contribution < -0.4 is 0 Å². The molecule has 0 bridgehead atoms. The van der Waals surface area contributed by atoms with E-state index >= 15 is 0 Å². The van der Waals surface area contributed by atoms with Gasteiger partial charge in [-0.05, 0) is 42.5 Å². The molecule has 1 heterocycles. The predicted molar refractivity (Wildman–Crippen MR) is 134 cm³/mol. The number of hydrogen-bond acceptors (Lipinski definition) is 3. The highest BCUT2D eigenvalue weighted by Crippen LogP contribution is 2.29. The Morgan fingerprint density at radius 3 is 2.48 bits per heavy atom. The number of carbonyl (C=O) groups excluding carboxylic acids is 1. The lowest BCUT2D eigenvalue weighted by molar-refractivity contribution is -0.133. The lowest BCUT2D eigenvalue weighted by atomic mass is 10.0. The van der Waals surface area contributed by atoms with Crippen molar-refractivity contribution in [1.82, 2.24) is 9.80 Å². The van der Waals surface area contributed by atoms with Crippen molar-refractivity contribution < 1.29 is 9.53 Å². The van der Waals surface area contributed by atoms with Gasteiger partial charge in [0.15, 0.2) is 0 Å². The summed E-state index contributed by atoms with van der Waals surface area (Å²) in [5.41, 5.74) is 3.57. The second-order valence-electron chi connectivity index (χ2n) is 9.71. The van der Waals surface area contributed by atoms with Gasteiger partial charge in [0.2, 0.25) is 5.91 Å². The Labute approximate surface area is 203 Å². The van der Waals surface area contributed by atoms with Crippen molar-refractivity contribution in [3.63, 3.8) is 0 Å². The standard InChI is InChI=1S/C28H37ClN2O2/c1-22-5-4-8-24(19-22)21-33-27(25-10-12-26(29)13-11-25)20-30-15-17-31(18-16-30)28(32)14-9-23-6-2-3-7-23/h4-5,8,10-13,19,23,27H,2-3,6-7,9,14-18,20-21H2,1H3/t27-/m1/s1. The van der Waals surface area contributed by atoms with Crippen molar-refractivity contribution in [3.8, 4) is 0 Å². The number of hydrogen-bond donors (Lipinski definition) is 0. The molecular formula is C28H37ClN2O2. The molecule has 1 atom stereocenters. The van der Waals surface area contributed by atoms with Gasteiger partial charge >= 0.3 is 0 Å². The average Bonchev–Trinajstić information content (AvgIpc) is 3.35. The summed E-state index contributed by atoms with van der Waals surface area (Å²) in [6.45, 7) is 6.92. The quantitative estimate of drug-likeness (QED) is 0.451. The third-order valence-electron chi connectivity index (χ3n) is 7.17. The van der Waals surface area contributed by atoms with Crippen LogP contribution >= 0.6 is 11.6 Å². The van der Waals surface area contributed by atoms with Crippen LogP contribution in [0.3, 0.4) is 0 Å². The summed E-state index contributed by atoms with van der Waals surface area (Å²) in [4.78, 5) is 17.2. The first-order chi connectivity index (χ1) is 16.1. The Hall–Kier alpha value is -1.88. The molecule has 2 aliphatic rings. The van der Waals surface area contributed by atoms with E-state index in [2.05, 4.69) is 53.1 Å². The summed E-state index contributed by atoms with van der Waals surface area (Å²) < 4.78 is 6.42. The van der Waals surface area contributed by atoms with Crippen LogP contribution in [0.25, 0.3) is 0 Å². The summed E-state index contributed by atoms with van der Waals surface area (Å²) in [5, 5.41) is 0.737. The van der Waals surface area contributed by atoms with E-state index in [1.807, 2.05) is 12.1 Å². The van der Waals surface area contributed by atoms with E-state index in [1.165, 1.54) is 36.8 Å². The normalized spacial score (nSPS) is 18.5. The zero-order valence-electron chi connectivity index (χ0n) is 19.8. The first-order valence-corrected chi connectivity index (χ1v) is 12.9. The van der Waals surface area contributed by atoms with E-state index in [0.717, 1.165) is 62.1 Å². The minimum Gasteiger partial charge on any atom is -0.368 e. The second-order valence-corrected chi connectivity index (χ2v) is 10.1. The first kappa shape index (κ1) is 24.3.